The third-order valence-corrected chi connectivity index (χ3v) is 6.91. The number of hydrogen-bond acceptors (Lipinski definition) is 3. The Morgan fingerprint density at radius 3 is 2.56 bits per heavy atom. The lowest BCUT2D eigenvalue weighted by atomic mass is 9.87. The van der Waals surface area contributed by atoms with Crippen molar-refractivity contribution in [2.24, 2.45) is 5.92 Å². The van der Waals surface area contributed by atoms with Gasteiger partial charge >= 0.3 is 6.09 Å². The van der Waals surface area contributed by atoms with E-state index in [9.17, 15) is 9.90 Å². The zero-order valence-electron chi connectivity index (χ0n) is 13.7. The summed E-state index contributed by atoms with van der Waals surface area (Å²) >= 11 is 20.0. The molecule has 2 aliphatic heterocycles. The lowest BCUT2D eigenvalue weighted by Gasteiger charge is -2.44. The standard InChI is InChI=1S/C17H20Cl3NO3S/c1-24-11-3-5-12(6-4-11)25-15-8-10-2-7-14(21(10)16(22)23)13(15)9-17(18,19)20/h3-6,10,13-15H,2,7-9H2,1H3,(H,22,23). The number of carboxylic acid groups (broad SMARTS) is 1. The van der Waals surface area contributed by atoms with Gasteiger partial charge in [0.2, 0.25) is 0 Å². The lowest BCUT2D eigenvalue weighted by molar-refractivity contribution is 0.0780. The Morgan fingerprint density at radius 2 is 2.00 bits per heavy atom. The van der Waals surface area contributed by atoms with E-state index in [1.807, 2.05) is 24.3 Å². The second-order valence-corrected chi connectivity index (χ2v) is 10.4. The first-order chi connectivity index (χ1) is 11.8. The summed E-state index contributed by atoms with van der Waals surface area (Å²) in [5.74, 6) is 0.817. The van der Waals surface area contributed by atoms with E-state index in [4.69, 9.17) is 39.5 Å². The molecule has 3 rings (SSSR count). The monoisotopic (exact) mass is 423 g/mol. The number of methoxy groups -OCH3 is 1. The number of alkyl halides is 3. The predicted octanol–water partition coefficient (Wildman–Crippen LogP) is 5.45. The number of nitrogens with zero attached hydrogens (tertiary/aromatic N) is 1. The molecule has 2 saturated heterocycles. The molecule has 1 N–H and O–H groups in total. The molecule has 0 aromatic heterocycles. The van der Waals surface area contributed by atoms with Crippen LogP contribution in [0.5, 0.6) is 5.75 Å². The van der Waals surface area contributed by atoms with Crippen molar-refractivity contribution in [1.82, 2.24) is 4.90 Å². The van der Waals surface area contributed by atoms with E-state index >= 15 is 0 Å². The van der Waals surface area contributed by atoms with Gasteiger partial charge < -0.3 is 14.7 Å². The van der Waals surface area contributed by atoms with E-state index < -0.39 is 9.89 Å². The molecule has 4 unspecified atom stereocenters. The van der Waals surface area contributed by atoms with E-state index in [0.29, 0.717) is 6.42 Å². The molecule has 2 bridgehead atoms. The number of fused-ring (bicyclic) bond motifs is 2. The molecule has 0 radical (unpaired) electrons. The van der Waals surface area contributed by atoms with Crippen molar-refractivity contribution in [3.63, 3.8) is 0 Å². The minimum atomic E-state index is -1.39. The molecule has 1 amide bonds. The van der Waals surface area contributed by atoms with Gasteiger partial charge in [-0.25, -0.2) is 4.79 Å². The van der Waals surface area contributed by atoms with Crippen molar-refractivity contribution in [2.75, 3.05) is 7.11 Å². The Balaban J connectivity index is 1.82. The van der Waals surface area contributed by atoms with E-state index in [0.717, 1.165) is 29.9 Å². The Bertz CT molecular complexity index is 623. The van der Waals surface area contributed by atoms with Crippen LogP contribution in [0.3, 0.4) is 0 Å². The lowest BCUT2D eigenvalue weighted by Crippen LogP contribution is -2.53. The highest BCUT2D eigenvalue weighted by atomic mass is 35.6. The fourth-order valence-electron chi connectivity index (χ4n) is 4.05. The Kier molecular flexibility index (Phi) is 5.88. The van der Waals surface area contributed by atoms with Crippen molar-refractivity contribution in [3.05, 3.63) is 24.3 Å². The number of carbonyl (C=O) groups is 1. The SMILES string of the molecule is COc1ccc(SC2CC3CCC(C2CC(Cl)(Cl)Cl)N3C(=O)O)cc1. The third-order valence-electron chi connectivity index (χ3n) is 5.06. The molecule has 1 aromatic rings. The average Bonchev–Trinajstić information content (AvgIpc) is 2.88. The summed E-state index contributed by atoms with van der Waals surface area (Å²) in [6, 6.07) is 7.86. The molecule has 2 aliphatic rings. The van der Waals surface area contributed by atoms with Crippen LogP contribution in [-0.2, 0) is 0 Å². The van der Waals surface area contributed by atoms with E-state index in [1.54, 1.807) is 23.8 Å². The van der Waals surface area contributed by atoms with Crippen LogP contribution in [0.15, 0.2) is 29.2 Å². The molecule has 0 aliphatic carbocycles. The number of halogens is 3. The maximum atomic E-state index is 11.7. The summed E-state index contributed by atoms with van der Waals surface area (Å²) in [7, 11) is 1.64. The molecule has 0 saturated carbocycles. The predicted molar refractivity (Wildman–Crippen MR) is 102 cm³/mol. The van der Waals surface area contributed by atoms with Crippen molar-refractivity contribution in [3.8, 4) is 5.75 Å². The highest BCUT2D eigenvalue weighted by Gasteiger charge is 2.51. The summed E-state index contributed by atoms with van der Waals surface area (Å²) in [6.45, 7) is 0. The molecule has 4 atom stereocenters. The van der Waals surface area contributed by atoms with Crippen molar-refractivity contribution < 1.29 is 14.6 Å². The molecular weight excluding hydrogens is 405 g/mol. The van der Waals surface area contributed by atoms with Crippen LogP contribution in [-0.4, -0.2) is 44.3 Å². The molecular formula is C17H20Cl3NO3S. The van der Waals surface area contributed by atoms with Gasteiger partial charge in [-0.3, -0.25) is 0 Å². The first kappa shape index (κ1) is 19.3. The van der Waals surface area contributed by atoms with Crippen molar-refractivity contribution in [2.45, 2.75) is 51.7 Å². The number of thioether (sulfide) groups is 1. The van der Waals surface area contributed by atoms with Gasteiger partial charge in [0.15, 0.2) is 3.79 Å². The minimum Gasteiger partial charge on any atom is -0.497 e. The van der Waals surface area contributed by atoms with Gasteiger partial charge in [0.05, 0.1) is 7.11 Å². The number of piperidine rings is 1. The van der Waals surface area contributed by atoms with Gasteiger partial charge in [-0.1, -0.05) is 34.8 Å². The van der Waals surface area contributed by atoms with Gasteiger partial charge in [0, 0.05) is 28.6 Å². The second kappa shape index (κ2) is 7.63. The maximum Gasteiger partial charge on any atom is 0.407 e. The summed E-state index contributed by atoms with van der Waals surface area (Å²) < 4.78 is 3.81. The fraction of sp³-hybridized carbons (Fsp3) is 0.588. The molecule has 138 valence electrons. The van der Waals surface area contributed by atoms with Crippen LogP contribution < -0.4 is 4.74 Å². The number of rotatable bonds is 4. The van der Waals surface area contributed by atoms with Crippen LogP contribution in [0, 0.1) is 5.92 Å². The molecule has 8 heteroatoms. The molecule has 2 fully saturated rings. The third kappa shape index (κ3) is 4.44. The quantitative estimate of drug-likeness (QED) is 0.653. The summed E-state index contributed by atoms with van der Waals surface area (Å²) in [6.07, 6.45) is 1.99. The highest BCUT2D eigenvalue weighted by molar-refractivity contribution is 8.00. The van der Waals surface area contributed by atoms with Crippen molar-refractivity contribution in [1.29, 1.82) is 0 Å². The highest BCUT2D eigenvalue weighted by Crippen LogP contribution is 2.50. The largest absolute Gasteiger partial charge is 0.497 e. The Labute approximate surface area is 166 Å². The minimum absolute atomic E-state index is 0.00875. The van der Waals surface area contributed by atoms with E-state index in [1.165, 1.54) is 0 Å². The zero-order chi connectivity index (χ0) is 18.2. The molecule has 25 heavy (non-hydrogen) atoms. The number of benzene rings is 1. The Morgan fingerprint density at radius 1 is 1.32 bits per heavy atom. The van der Waals surface area contributed by atoms with Gasteiger partial charge in [-0.05, 0) is 49.4 Å². The maximum absolute atomic E-state index is 11.7. The van der Waals surface area contributed by atoms with Crippen molar-refractivity contribution >= 4 is 52.7 Å². The summed E-state index contributed by atoms with van der Waals surface area (Å²) in [5.41, 5.74) is 0. The molecule has 0 spiro atoms. The number of amides is 1. The zero-order valence-corrected chi connectivity index (χ0v) is 16.8. The second-order valence-electron chi connectivity index (χ2n) is 6.54. The molecule has 1 aromatic carbocycles. The van der Waals surface area contributed by atoms with Crippen LogP contribution in [0.4, 0.5) is 4.79 Å². The Hall–Kier alpha value is -0.490. The van der Waals surface area contributed by atoms with Gasteiger partial charge in [0.25, 0.3) is 0 Å². The average molecular weight is 425 g/mol. The van der Waals surface area contributed by atoms with Crippen LogP contribution in [0.2, 0.25) is 0 Å². The normalized spacial score (nSPS) is 28.9. The smallest absolute Gasteiger partial charge is 0.407 e. The van der Waals surface area contributed by atoms with Gasteiger partial charge in [-0.15, -0.1) is 11.8 Å². The summed E-state index contributed by atoms with van der Waals surface area (Å²) in [4.78, 5) is 14.4. The fourth-order valence-corrected chi connectivity index (χ4v) is 6.00. The summed E-state index contributed by atoms with van der Waals surface area (Å²) in [5, 5.41) is 9.79. The molecule has 2 heterocycles. The number of ether oxygens (including phenoxy) is 1. The topological polar surface area (TPSA) is 49.8 Å². The first-order valence-corrected chi connectivity index (χ1v) is 10.2. The number of hydrogen-bond donors (Lipinski definition) is 1. The van der Waals surface area contributed by atoms with E-state index in [-0.39, 0.29) is 23.3 Å². The van der Waals surface area contributed by atoms with E-state index in [2.05, 4.69) is 0 Å². The van der Waals surface area contributed by atoms with Gasteiger partial charge in [-0.2, -0.15) is 0 Å². The first-order valence-electron chi connectivity index (χ1n) is 8.17. The molecule has 4 nitrogen and oxygen atoms in total. The van der Waals surface area contributed by atoms with Crippen LogP contribution in [0.25, 0.3) is 0 Å². The van der Waals surface area contributed by atoms with Crippen LogP contribution >= 0.6 is 46.6 Å². The van der Waals surface area contributed by atoms with Gasteiger partial charge in [0.1, 0.15) is 5.75 Å². The van der Waals surface area contributed by atoms with Crippen LogP contribution in [0.1, 0.15) is 25.7 Å².